The molecular formula is C76H70N2O. The van der Waals surface area contributed by atoms with E-state index in [2.05, 4.69) is 310 Å². The van der Waals surface area contributed by atoms with Crippen LogP contribution < -0.4 is 9.80 Å². The molecule has 0 unspecified atom stereocenters. The second kappa shape index (κ2) is 20.3. The van der Waals surface area contributed by atoms with Crippen molar-refractivity contribution in [3.05, 3.63) is 253 Å². The van der Waals surface area contributed by atoms with Gasteiger partial charge in [0.15, 0.2) is 0 Å². The van der Waals surface area contributed by atoms with Crippen LogP contribution in [0.4, 0.5) is 34.1 Å². The summed E-state index contributed by atoms with van der Waals surface area (Å²) in [5, 5.41) is 6.76. The molecule has 0 amide bonds. The minimum atomic E-state index is -0.0397. The van der Waals surface area contributed by atoms with E-state index in [0.29, 0.717) is 11.8 Å². The number of rotatable bonds is 11. The van der Waals surface area contributed by atoms with Crippen molar-refractivity contribution in [2.45, 2.75) is 91.9 Å². The maximum absolute atomic E-state index is 6.97. The van der Waals surface area contributed by atoms with E-state index in [1.54, 1.807) is 0 Å². The van der Waals surface area contributed by atoms with Crippen molar-refractivity contribution >= 4 is 77.6 Å². The maximum atomic E-state index is 6.97. The Kier molecular flexibility index (Phi) is 13.1. The van der Waals surface area contributed by atoms with Crippen LogP contribution in [-0.4, -0.2) is 0 Å². The minimum absolute atomic E-state index is 0.0145. The third-order valence-electron chi connectivity index (χ3n) is 16.1. The lowest BCUT2D eigenvalue weighted by molar-refractivity contribution is 0.590. The van der Waals surface area contributed by atoms with Gasteiger partial charge < -0.3 is 14.2 Å². The predicted octanol–water partition coefficient (Wildman–Crippen LogP) is 22.7. The molecule has 0 saturated carbocycles. The van der Waals surface area contributed by atoms with Crippen molar-refractivity contribution in [1.82, 2.24) is 0 Å². The summed E-state index contributed by atoms with van der Waals surface area (Å²) < 4.78 is 6.97. The van der Waals surface area contributed by atoms with Gasteiger partial charge in [-0.3, -0.25) is 0 Å². The highest BCUT2D eigenvalue weighted by atomic mass is 16.3. The first-order valence-electron chi connectivity index (χ1n) is 28.2. The second-order valence-electron chi connectivity index (χ2n) is 24.3. The van der Waals surface area contributed by atoms with Gasteiger partial charge in [-0.25, -0.2) is 0 Å². The average Bonchev–Trinajstić information content (AvgIpc) is 4.11. The molecule has 1 aromatic heterocycles. The van der Waals surface area contributed by atoms with E-state index in [1.807, 2.05) is 0 Å². The van der Waals surface area contributed by atoms with Crippen molar-refractivity contribution < 1.29 is 4.42 Å². The number of furan rings is 1. The van der Waals surface area contributed by atoms with Crippen LogP contribution in [0.3, 0.4) is 0 Å². The molecule has 0 N–H and O–H groups in total. The lowest BCUT2D eigenvalue weighted by Gasteiger charge is -2.32. The molecule has 1 heterocycles. The largest absolute Gasteiger partial charge is 0.456 e. The van der Waals surface area contributed by atoms with E-state index >= 15 is 0 Å². The second-order valence-corrected chi connectivity index (χ2v) is 24.3. The third kappa shape index (κ3) is 9.89. The summed E-state index contributed by atoms with van der Waals surface area (Å²) in [4.78, 5) is 4.91. The summed E-state index contributed by atoms with van der Waals surface area (Å²) in [5.74, 6) is 0.800. The number of nitrogens with zero attached hydrogens (tertiary/aromatic N) is 2. The summed E-state index contributed by atoms with van der Waals surface area (Å²) >= 11 is 0. The van der Waals surface area contributed by atoms with E-state index in [-0.39, 0.29) is 10.8 Å². The van der Waals surface area contributed by atoms with Gasteiger partial charge in [-0.1, -0.05) is 203 Å². The third-order valence-corrected chi connectivity index (χ3v) is 16.1. The summed E-state index contributed by atoms with van der Waals surface area (Å²) in [5.41, 5.74) is 20.7. The summed E-state index contributed by atoms with van der Waals surface area (Å²) in [7, 11) is 0. The molecular weight excluding hydrogens is 957 g/mol. The van der Waals surface area contributed by atoms with Gasteiger partial charge in [0.1, 0.15) is 11.2 Å². The number of hydrogen-bond acceptors (Lipinski definition) is 3. The molecule has 0 bridgehead atoms. The molecule has 11 aromatic carbocycles. The topological polar surface area (TPSA) is 19.6 Å². The molecule has 0 aliphatic rings. The van der Waals surface area contributed by atoms with Gasteiger partial charge >= 0.3 is 0 Å². The Hall–Kier alpha value is -8.66. The fourth-order valence-corrected chi connectivity index (χ4v) is 11.4. The van der Waals surface area contributed by atoms with E-state index in [4.69, 9.17) is 4.42 Å². The number of fused-ring (bicyclic) bond motifs is 5. The molecule has 79 heavy (non-hydrogen) atoms. The van der Waals surface area contributed by atoms with Crippen LogP contribution in [0.1, 0.15) is 103 Å². The summed E-state index contributed by atoms with van der Waals surface area (Å²) in [6, 6.07) is 85.7. The standard InChI is InChI=1S/C76H70N2O/c1-49(2)51-26-33-62(34-27-51)77(70-38-31-60(75(5,6)7)47-66(70)53-22-16-12-17-23-53)63-35-28-56-43-68-69-44-57-29-36-64(41-59(57)46-74(69)79-73(68)45-58(56)40-63)78(71-37-30-55(50(3)4)42-65(71)52-20-14-11-15-21-52)72-39-32-61(76(8,9)10)48-67(72)54-24-18-13-19-25-54/h11-50H,1-10H3. The molecule has 0 atom stereocenters. The van der Waals surface area contributed by atoms with Crippen LogP contribution >= 0.6 is 0 Å². The number of hydrogen-bond donors (Lipinski definition) is 0. The van der Waals surface area contributed by atoms with Crippen LogP contribution in [-0.2, 0) is 10.8 Å². The first kappa shape index (κ1) is 51.1. The predicted molar refractivity (Wildman–Crippen MR) is 340 cm³/mol. The Bertz CT molecular complexity index is 4190. The van der Waals surface area contributed by atoms with Crippen LogP contribution in [0.2, 0.25) is 0 Å². The van der Waals surface area contributed by atoms with Crippen molar-refractivity contribution in [3.8, 4) is 33.4 Å². The number of benzene rings is 11. The molecule has 12 rings (SSSR count). The Morgan fingerprint density at radius 3 is 1.13 bits per heavy atom. The lowest BCUT2D eigenvalue weighted by Crippen LogP contribution is -2.15. The van der Waals surface area contributed by atoms with E-state index in [0.717, 1.165) is 77.6 Å². The quantitative estimate of drug-likeness (QED) is 0.129. The van der Waals surface area contributed by atoms with E-state index in [9.17, 15) is 0 Å². The molecule has 3 nitrogen and oxygen atoms in total. The van der Waals surface area contributed by atoms with Crippen LogP contribution in [0.5, 0.6) is 0 Å². The smallest absolute Gasteiger partial charge is 0.136 e. The van der Waals surface area contributed by atoms with Gasteiger partial charge in [-0.05, 0) is 180 Å². The Morgan fingerprint density at radius 2 is 0.696 bits per heavy atom. The van der Waals surface area contributed by atoms with Crippen LogP contribution in [0, 0.1) is 0 Å². The molecule has 3 heteroatoms. The molecule has 0 aliphatic carbocycles. The molecule has 0 aliphatic heterocycles. The van der Waals surface area contributed by atoms with Crippen LogP contribution in [0.25, 0.3) is 76.9 Å². The highest BCUT2D eigenvalue weighted by molar-refractivity contribution is 6.14. The van der Waals surface area contributed by atoms with E-state index in [1.165, 1.54) is 55.6 Å². The summed E-state index contributed by atoms with van der Waals surface area (Å²) in [6.07, 6.45) is 0. The molecule has 0 saturated heterocycles. The zero-order valence-electron chi connectivity index (χ0n) is 47.4. The first-order chi connectivity index (χ1) is 38.1. The number of anilines is 6. The zero-order valence-corrected chi connectivity index (χ0v) is 47.4. The van der Waals surface area contributed by atoms with Crippen molar-refractivity contribution in [2.75, 3.05) is 9.80 Å². The molecule has 0 fully saturated rings. The summed E-state index contributed by atoms with van der Waals surface area (Å²) in [6.45, 7) is 22.8. The normalized spacial score (nSPS) is 12.2. The lowest BCUT2D eigenvalue weighted by atomic mass is 9.84. The van der Waals surface area contributed by atoms with Crippen molar-refractivity contribution in [3.63, 3.8) is 0 Å². The Morgan fingerprint density at radius 1 is 0.316 bits per heavy atom. The molecule has 12 aromatic rings. The monoisotopic (exact) mass is 1030 g/mol. The Labute approximate surface area is 467 Å². The molecule has 0 radical (unpaired) electrons. The molecule has 0 spiro atoms. The van der Waals surface area contributed by atoms with Gasteiger partial charge in [0.2, 0.25) is 0 Å². The van der Waals surface area contributed by atoms with Crippen LogP contribution in [0.15, 0.2) is 235 Å². The maximum Gasteiger partial charge on any atom is 0.136 e. The highest BCUT2D eigenvalue weighted by Crippen LogP contribution is 2.49. The zero-order chi connectivity index (χ0) is 54.7. The van der Waals surface area contributed by atoms with Gasteiger partial charge in [-0.2, -0.15) is 0 Å². The van der Waals surface area contributed by atoms with Crippen molar-refractivity contribution in [2.24, 2.45) is 0 Å². The van der Waals surface area contributed by atoms with E-state index < -0.39 is 0 Å². The molecule has 390 valence electrons. The van der Waals surface area contributed by atoms with Gasteiger partial charge in [0, 0.05) is 44.5 Å². The van der Waals surface area contributed by atoms with Gasteiger partial charge in [0.05, 0.1) is 17.1 Å². The highest BCUT2D eigenvalue weighted by Gasteiger charge is 2.26. The minimum Gasteiger partial charge on any atom is -0.456 e. The SMILES string of the molecule is CC(C)c1ccc(N(c2ccc3cc4c(cc3c2)oc2cc3cc(N(c5ccc(C(C)C)cc5-c5ccccc5)c5ccc(C(C)(C)C)cc5-c5ccccc5)ccc3cc24)c2ccc(C(C)(C)C)cc2-c2ccccc2)cc1. The fourth-order valence-electron chi connectivity index (χ4n) is 11.4. The van der Waals surface area contributed by atoms with Gasteiger partial charge in [-0.15, -0.1) is 0 Å². The Balaban J connectivity index is 1.01. The fraction of sp³-hybridized carbons (Fsp3) is 0.184. The van der Waals surface area contributed by atoms with Crippen molar-refractivity contribution in [1.29, 1.82) is 0 Å². The first-order valence-corrected chi connectivity index (χ1v) is 28.2. The van der Waals surface area contributed by atoms with Gasteiger partial charge in [0.25, 0.3) is 0 Å². The average molecular weight is 1030 g/mol.